The number of nitrogens with zero attached hydrogens (tertiary/aromatic N) is 1. The van der Waals surface area contributed by atoms with Crippen molar-refractivity contribution in [2.75, 3.05) is 27.4 Å². The molecular formula is C19H22ClNO5S. The van der Waals surface area contributed by atoms with Crippen molar-refractivity contribution in [1.82, 2.24) is 4.90 Å². The number of thiophene rings is 1. The van der Waals surface area contributed by atoms with Crippen LogP contribution in [-0.4, -0.2) is 44.1 Å². The molecular weight excluding hydrogens is 390 g/mol. The summed E-state index contributed by atoms with van der Waals surface area (Å²) in [4.78, 5) is 26.2. The van der Waals surface area contributed by atoms with E-state index in [1.807, 2.05) is 6.07 Å². The number of methoxy groups -OCH3 is 1. The normalized spacial score (nSPS) is 10.3. The van der Waals surface area contributed by atoms with Gasteiger partial charge in [-0.3, -0.25) is 9.59 Å². The number of amides is 1. The van der Waals surface area contributed by atoms with E-state index in [1.54, 1.807) is 44.5 Å². The van der Waals surface area contributed by atoms with Crippen molar-refractivity contribution in [3.8, 4) is 11.5 Å². The third kappa shape index (κ3) is 7.48. The molecule has 0 saturated carbocycles. The van der Waals surface area contributed by atoms with Gasteiger partial charge in [-0.05, 0) is 42.8 Å². The van der Waals surface area contributed by atoms with Crippen molar-refractivity contribution >= 4 is 34.8 Å². The van der Waals surface area contributed by atoms with E-state index in [-0.39, 0.29) is 18.9 Å². The number of rotatable bonds is 10. The summed E-state index contributed by atoms with van der Waals surface area (Å²) in [6.45, 7) is 0.547. The molecule has 0 radical (unpaired) electrons. The van der Waals surface area contributed by atoms with Gasteiger partial charge in [0.25, 0.3) is 5.91 Å². The number of halogens is 1. The number of esters is 1. The minimum absolute atomic E-state index is 0.188. The average molecular weight is 412 g/mol. The van der Waals surface area contributed by atoms with Crippen LogP contribution in [0.1, 0.15) is 17.7 Å². The Kier molecular flexibility index (Phi) is 8.42. The SMILES string of the molecule is COc1ccc(OCCCC(=O)OCC(=O)N(C)Cc2ccc(Cl)s2)cc1. The molecule has 6 nitrogen and oxygen atoms in total. The first-order valence-electron chi connectivity index (χ1n) is 8.38. The number of benzene rings is 1. The van der Waals surface area contributed by atoms with Crippen LogP contribution in [0, 0.1) is 0 Å². The first-order chi connectivity index (χ1) is 13.0. The predicted molar refractivity (Wildman–Crippen MR) is 104 cm³/mol. The van der Waals surface area contributed by atoms with E-state index < -0.39 is 5.97 Å². The Labute approximate surface area is 167 Å². The first kappa shape index (κ1) is 21.1. The molecule has 0 aliphatic carbocycles. The Morgan fingerprint density at radius 1 is 1.11 bits per heavy atom. The third-order valence-electron chi connectivity index (χ3n) is 3.66. The van der Waals surface area contributed by atoms with Gasteiger partial charge < -0.3 is 19.1 Å². The molecule has 0 N–H and O–H groups in total. The molecule has 0 saturated heterocycles. The second kappa shape index (κ2) is 10.8. The average Bonchev–Trinajstić information content (AvgIpc) is 3.08. The molecule has 1 heterocycles. The highest BCUT2D eigenvalue weighted by atomic mass is 35.5. The van der Waals surface area contributed by atoms with Crippen LogP contribution >= 0.6 is 22.9 Å². The Morgan fingerprint density at radius 3 is 2.44 bits per heavy atom. The largest absolute Gasteiger partial charge is 0.497 e. The van der Waals surface area contributed by atoms with Crippen LogP contribution < -0.4 is 9.47 Å². The third-order valence-corrected chi connectivity index (χ3v) is 4.87. The molecule has 1 aromatic carbocycles. The van der Waals surface area contributed by atoms with Crippen molar-refractivity contribution in [1.29, 1.82) is 0 Å². The number of ether oxygens (including phenoxy) is 3. The fourth-order valence-corrected chi connectivity index (χ4v) is 3.30. The molecule has 0 spiro atoms. The van der Waals surface area contributed by atoms with Crippen LogP contribution in [0.25, 0.3) is 0 Å². The summed E-state index contributed by atoms with van der Waals surface area (Å²) in [5, 5.41) is 0. The van der Waals surface area contributed by atoms with E-state index in [0.29, 0.717) is 29.7 Å². The van der Waals surface area contributed by atoms with Crippen LogP contribution in [0.2, 0.25) is 4.34 Å². The van der Waals surface area contributed by atoms with Gasteiger partial charge in [-0.1, -0.05) is 11.6 Å². The van der Waals surface area contributed by atoms with Gasteiger partial charge in [-0.25, -0.2) is 0 Å². The minimum atomic E-state index is -0.422. The molecule has 2 rings (SSSR count). The Morgan fingerprint density at radius 2 is 1.81 bits per heavy atom. The van der Waals surface area contributed by atoms with Crippen molar-refractivity contribution in [2.24, 2.45) is 0 Å². The molecule has 0 atom stereocenters. The van der Waals surface area contributed by atoms with E-state index in [9.17, 15) is 9.59 Å². The van der Waals surface area contributed by atoms with Gasteiger partial charge in [-0.15, -0.1) is 11.3 Å². The maximum atomic E-state index is 12.0. The second-order valence-electron chi connectivity index (χ2n) is 5.74. The van der Waals surface area contributed by atoms with Crippen LogP contribution in [-0.2, 0) is 20.9 Å². The lowest BCUT2D eigenvalue weighted by Gasteiger charge is -2.16. The Bertz CT molecular complexity index is 747. The standard InChI is InChI=1S/C19H22ClNO5S/c1-21(12-16-9-10-17(20)27-16)18(22)13-26-19(23)4-3-11-25-15-7-5-14(24-2)6-8-15/h5-10H,3-4,11-13H2,1-2H3. The predicted octanol–water partition coefficient (Wildman–Crippen LogP) is 3.77. The minimum Gasteiger partial charge on any atom is -0.497 e. The molecule has 0 aliphatic rings. The summed E-state index contributed by atoms with van der Waals surface area (Å²) in [7, 11) is 3.26. The summed E-state index contributed by atoms with van der Waals surface area (Å²) in [5.74, 6) is 0.772. The van der Waals surface area contributed by atoms with Crippen molar-refractivity contribution in [2.45, 2.75) is 19.4 Å². The maximum absolute atomic E-state index is 12.0. The van der Waals surface area contributed by atoms with Crippen molar-refractivity contribution < 1.29 is 23.8 Å². The van der Waals surface area contributed by atoms with Gasteiger partial charge in [0.2, 0.25) is 0 Å². The van der Waals surface area contributed by atoms with Crippen molar-refractivity contribution in [3.63, 3.8) is 0 Å². The first-order valence-corrected chi connectivity index (χ1v) is 9.58. The van der Waals surface area contributed by atoms with Gasteiger partial charge in [0.05, 0.1) is 24.6 Å². The monoisotopic (exact) mass is 411 g/mol. The number of likely N-dealkylation sites (N-methyl/N-ethyl adjacent to an activating group) is 1. The molecule has 1 aromatic heterocycles. The number of hydrogen-bond donors (Lipinski definition) is 0. The second-order valence-corrected chi connectivity index (χ2v) is 7.54. The fourth-order valence-electron chi connectivity index (χ4n) is 2.16. The van der Waals surface area contributed by atoms with E-state index in [1.165, 1.54) is 16.2 Å². The lowest BCUT2D eigenvalue weighted by atomic mass is 10.3. The molecule has 0 bridgehead atoms. The number of carbonyl (C=O) groups excluding carboxylic acids is 2. The van der Waals surface area contributed by atoms with Crippen LogP contribution in [0.5, 0.6) is 11.5 Å². The van der Waals surface area contributed by atoms with E-state index in [0.717, 1.165) is 10.6 Å². The smallest absolute Gasteiger partial charge is 0.306 e. The van der Waals surface area contributed by atoms with E-state index in [2.05, 4.69) is 0 Å². The molecule has 27 heavy (non-hydrogen) atoms. The zero-order valence-electron chi connectivity index (χ0n) is 15.3. The summed E-state index contributed by atoms with van der Waals surface area (Å²) >= 11 is 7.28. The lowest BCUT2D eigenvalue weighted by molar-refractivity contribution is -0.151. The van der Waals surface area contributed by atoms with Gasteiger partial charge in [-0.2, -0.15) is 0 Å². The molecule has 8 heteroatoms. The zero-order valence-corrected chi connectivity index (χ0v) is 16.8. The van der Waals surface area contributed by atoms with Gasteiger partial charge in [0, 0.05) is 18.3 Å². The molecule has 0 fully saturated rings. The van der Waals surface area contributed by atoms with Crippen molar-refractivity contribution in [3.05, 3.63) is 45.6 Å². The van der Waals surface area contributed by atoms with E-state index in [4.69, 9.17) is 25.8 Å². The Balaban J connectivity index is 1.60. The molecule has 1 amide bonds. The molecule has 2 aromatic rings. The summed E-state index contributed by atoms with van der Waals surface area (Å²) < 4.78 is 16.3. The maximum Gasteiger partial charge on any atom is 0.306 e. The topological polar surface area (TPSA) is 65.1 Å². The Hall–Kier alpha value is -2.25. The fraction of sp³-hybridized carbons (Fsp3) is 0.368. The van der Waals surface area contributed by atoms with Crippen LogP contribution in [0.4, 0.5) is 0 Å². The molecule has 146 valence electrons. The quantitative estimate of drug-likeness (QED) is 0.440. The summed E-state index contributed by atoms with van der Waals surface area (Å²) in [6.07, 6.45) is 0.691. The zero-order chi connectivity index (χ0) is 19.6. The highest BCUT2D eigenvalue weighted by Gasteiger charge is 2.13. The summed E-state index contributed by atoms with van der Waals surface area (Å²) in [6, 6.07) is 10.9. The van der Waals surface area contributed by atoms with E-state index >= 15 is 0 Å². The van der Waals surface area contributed by atoms with Gasteiger partial charge in [0.1, 0.15) is 11.5 Å². The van der Waals surface area contributed by atoms with Crippen LogP contribution in [0.3, 0.4) is 0 Å². The van der Waals surface area contributed by atoms with Gasteiger partial charge >= 0.3 is 5.97 Å². The lowest BCUT2D eigenvalue weighted by Crippen LogP contribution is -2.30. The highest BCUT2D eigenvalue weighted by molar-refractivity contribution is 7.16. The number of carbonyl (C=O) groups is 2. The molecule has 0 unspecified atom stereocenters. The number of hydrogen-bond acceptors (Lipinski definition) is 6. The highest BCUT2D eigenvalue weighted by Crippen LogP contribution is 2.22. The summed E-state index contributed by atoms with van der Waals surface area (Å²) in [5.41, 5.74) is 0. The van der Waals surface area contributed by atoms with Crippen LogP contribution in [0.15, 0.2) is 36.4 Å². The van der Waals surface area contributed by atoms with Gasteiger partial charge in [0.15, 0.2) is 6.61 Å². The molecule has 0 aliphatic heterocycles.